The number of halogens is 2. The van der Waals surface area contributed by atoms with Gasteiger partial charge in [-0.3, -0.25) is 0 Å². The zero-order valence-electron chi connectivity index (χ0n) is 6.61. The third-order valence-corrected chi connectivity index (χ3v) is 1.79. The van der Waals surface area contributed by atoms with Gasteiger partial charge in [-0.05, 0) is 17.7 Å². The van der Waals surface area contributed by atoms with Crippen molar-refractivity contribution in [3.05, 3.63) is 34.9 Å². The van der Waals surface area contributed by atoms with Crippen molar-refractivity contribution in [2.24, 2.45) is 10.9 Å². The average Bonchev–Trinajstić information content (AvgIpc) is 2.17. The predicted octanol–water partition coefficient (Wildman–Crippen LogP) is 2.10. The van der Waals surface area contributed by atoms with Gasteiger partial charge in [0, 0.05) is 5.02 Å². The van der Waals surface area contributed by atoms with Crippen molar-refractivity contribution in [1.82, 2.24) is 0 Å². The maximum absolute atomic E-state index is 13.2. The third-order valence-electron chi connectivity index (χ3n) is 1.54. The molecule has 0 amide bonds. The Morgan fingerprint density at radius 1 is 1.46 bits per heavy atom. The normalized spacial score (nSPS) is 14.2. The number of nitrogens with zero attached hydrogens (tertiary/aromatic N) is 1. The Bertz CT molecular complexity index is 312. The smallest absolute Gasteiger partial charge is 0.185 e. The average molecular weight is 203 g/mol. The van der Waals surface area contributed by atoms with E-state index in [9.17, 15) is 4.39 Å². The lowest BCUT2D eigenvalue weighted by atomic mass is 10.1. The summed E-state index contributed by atoms with van der Waals surface area (Å²) in [4.78, 5) is 0. The van der Waals surface area contributed by atoms with E-state index in [1.165, 1.54) is 24.3 Å². The molecule has 0 spiro atoms. The van der Waals surface area contributed by atoms with E-state index in [1.54, 1.807) is 0 Å². The molecule has 0 fully saturated rings. The molecule has 13 heavy (non-hydrogen) atoms. The van der Waals surface area contributed by atoms with Crippen molar-refractivity contribution in [2.75, 3.05) is 0 Å². The van der Waals surface area contributed by atoms with Crippen molar-refractivity contribution in [3.8, 4) is 0 Å². The van der Waals surface area contributed by atoms with Crippen LogP contribution < -0.4 is 5.73 Å². The summed E-state index contributed by atoms with van der Waals surface area (Å²) < 4.78 is 13.2. The maximum atomic E-state index is 13.2. The molecule has 3 nitrogen and oxygen atoms in total. The van der Waals surface area contributed by atoms with Crippen molar-refractivity contribution < 1.29 is 9.60 Å². The van der Waals surface area contributed by atoms with Gasteiger partial charge in [-0.15, -0.1) is 0 Å². The number of benzene rings is 1. The molecule has 0 saturated heterocycles. The standard InChI is InChI=1S/C8H8ClFN2O/c9-6-3-1-5(2-4-6)7(10)8(11)12-13/h1-4,7,13H,(H2,11,12). The van der Waals surface area contributed by atoms with E-state index in [-0.39, 0.29) is 0 Å². The third kappa shape index (κ3) is 2.32. The number of rotatable bonds is 2. The number of hydrogen-bond donors (Lipinski definition) is 2. The molecule has 0 aromatic heterocycles. The lowest BCUT2D eigenvalue weighted by Crippen LogP contribution is -2.18. The molecule has 1 unspecified atom stereocenters. The van der Waals surface area contributed by atoms with E-state index >= 15 is 0 Å². The fourth-order valence-corrected chi connectivity index (χ4v) is 0.979. The lowest BCUT2D eigenvalue weighted by Gasteiger charge is -2.05. The summed E-state index contributed by atoms with van der Waals surface area (Å²) in [6.07, 6.45) is -1.60. The monoisotopic (exact) mass is 202 g/mol. The Morgan fingerprint density at radius 3 is 2.46 bits per heavy atom. The van der Waals surface area contributed by atoms with Crippen LogP contribution in [0.3, 0.4) is 0 Å². The van der Waals surface area contributed by atoms with Gasteiger partial charge in [0.2, 0.25) is 0 Å². The van der Waals surface area contributed by atoms with Crippen molar-refractivity contribution in [1.29, 1.82) is 0 Å². The van der Waals surface area contributed by atoms with E-state index in [2.05, 4.69) is 5.16 Å². The van der Waals surface area contributed by atoms with Crippen LogP contribution in [0.2, 0.25) is 5.02 Å². The van der Waals surface area contributed by atoms with E-state index in [0.29, 0.717) is 10.6 Å². The summed E-state index contributed by atoms with van der Waals surface area (Å²) in [5, 5.41) is 11.3. The number of hydrogen-bond acceptors (Lipinski definition) is 2. The molecule has 0 saturated carbocycles. The van der Waals surface area contributed by atoms with Crippen LogP contribution in [0.5, 0.6) is 0 Å². The number of oxime groups is 1. The Balaban J connectivity index is 2.89. The second-order valence-corrected chi connectivity index (χ2v) is 2.88. The van der Waals surface area contributed by atoms with Crippen LogP contribution in [0.4, 0.5) is 4.39 Å². The minimum Gasteiger partial charge on any atom is -0.409 e. The Morgan fingerprint density at radius 2 is 2.00 bits per heavy atom. The van der Waals surface area contributed by atoms with Gasteiger partial charge in [0.15, 0.2) is 12.0 Å². The maximum Gasteiger partial charge on any atom is 0.185 e. The Kier molecular flexibility index (Phi) is 3.08. The molecular weight excluding hydrogens is 195 g/mol. The van der Waals surface area contributed by atoms with E-state index in [4.69, 9.17) is 22.5 Å². The Hall–Kier alpha value is -1.29. The van der Waals surface area contributed by atoms with Crippen LogP contribution in [0.25, 0.3) is 0 Å². The number of nitrogens with two attached hydrogens (primary N) is 1. The largest absolute Gasteiger partial charge is 0.409 e. The molecule has 0 radical (unpaired) electrons. The summed E-state index contributed by atoms with van der Waals surface area (Å²) in [5.41, 5.74) is 5.38. The SMILES string of the molecule is NC(=NO)C(F)c1ccc(Cl)cc1. The molecule has 3 N–H and O–H groups in total. The minimum atomic E-state index is -1.60. The fraction of sp³-hybridized carbons (Fsp3) is 0.125. The van der Waals surface area contributed by atoms with Crippen LogP contribution in [0, 0.1) is 0 Å². The number of alkyl halides is 1. The highest BCUT2D eigenvalue weighted by Gasteiger charge is 2.14. The highest BCUT2D eigenvalue weighted by molar-refractivity contribution is 6.30. The summed E-state index contributed by atoms with van der Waals surface area (Å²) in [5.74, 6) is -0.470. The van der Waals surface area contributed by atoms with Crippen LogP contribution in [-0.2, 0) is 0 Å². The molecule has 0 aliphatic carbocycles. The second kappa shape index (κ2) is 4.09. The van der Waals surface area contributed by atoms with Crippen molar-refractivity contribution >= 4 is 17.4 Å². The van der Waals surface area contributed by atoms with E-state index in [0.717, 1.165) is 0 Å². The van der Waals surface area contributed by atoms with Gasteiger partial charge >= 0.3 is 0 Å². The first-order valence-electron chi connectivity index (χ1n) is 3.52. The molecule has 70 valence electrons. The van der Waals surface area contributed by atoms with Crippen LogP contribution >= 0.6 is 11.6 Å². The molecule has 1 atom stereocenters. The minimum absolute atomic E-state index is 0.305. The molecule has 1 aromatic carbocycles. The van der Waals surface area contributed by atoms with Gasteiger partial charge in [0.1, 0.15) is 0 Å². The highest BCUT2D eigenvalue weighted by atomic mass is 35.5. The van der Waals surface area contributed by atoms with Gasteiger partial charge < -0.3 is 10.9 Å². The predicted molar refractivity (Wildman–Crippen MR) is 48.7 cm³/mol. The summed E-state index contributed by atoms with van der Waals surface area (Å²) in [6, 6.07) is 6.03. The molecule has 5 heteroatoms. The van der Waals surface area contributed by atoms with Crippen molar-refractivity contribution in [3.63, 3.8) is 0 Å². The fourth-order valence-electron chi connectivity index (χ4n) is 0.853. The molecule has 0 aliphatic rings. The summed E-state index contributed by atoms with van der Waals surface area (Å²) in [6.45, 7) is 0. The molecule has 0 heterocycles. The van der Waals surface area contributed by atoms with Gasteiger partial charge in [-0.2, -0.15) is 0 Å². The molecule has 0 aliphatic heterocycles. The zero-order valence-corrected chi connectivity index (χ0v) is 7.37. The highest BCUT2D eigenvalue weighted by Crippen LogP contribution is 2.19. The van der Waals surface area contributed by atoms with Crippen molar-refractivity contribution in [2.45, 2.75) is 6.17 Å². The van der Waals surface area contributed by atoms with E-state index in [1.807, 2.05) is 0 Å². The van der Waals surface area contributed by atoms with Crippen LogP contribution in [0.1, 0.15) is 11.7 Å². The Labute approximate surface area is 79.6 Å². The molecular formula is C8H8ClFN2O. The van der Waals surface area contributed by atoms with Gasteiger partial charge in [0.25, 0.3) is 0 Å². The first-order valence-corrected chi connectivity index (χ1v) is 3.90. The zero-order chi connectivity index (χ0) is 9.84. The number of amidine groups is 1. The van der Waals surface area contributed by atoms with Crippen LogP contribution in [0.15, 0.2) is 29.4 Å². The molecule has 1 rings (SSSR count). The van der Waals surface area contributed by atoms with Gasteiger partial charge in [0.05, 0.1) is 0 Å². The van der Waals surface area contributed by atoms with Gasteiger partial charge in [-0.25, -0.2) is 4.39 Å². The first-order chi connectivity index (χ1) is 6.15. The molecule has 1 aromatic rings. The van der Waals surface area contributed by atoms with Gasteiger partial charge in [-0.1, -0.05) is 28.9 Å². The second-order valence-electron chi connectivity index (χ2n) is 2.44. The first kappa shape index (κ1) is 9.80. The van der Waals surface area contributed by atoms with E-state index < -0.39 is 12.0 Å². The molecule has 0 bridgehead atoms. The topological polar surface area (TPSA) is 58.6 Å². The lowest BCUT2D eigenvalue weighted by molar-refractivity contribution is 0.307. The quantitative estimate of drug-likeness (QED) is 0.334. The summed E-state index contributed by atoms with van der Waals surface area (Å²) in [7, 11) is 0. The summed E-state index contributed by atoms with van der Waals surface area (Å²) >= 11 is 5.60. The van der Waals surface area contributed by atoms with Crippen LogP contribution in [-0.4, -0.2) is 11.0 Å².